The first-order valence-electron chi connectivity index (χ1n) is 7.51. The zero-order valence-corrected chi connectivity index (χ0v) is 13.1. The number of piperidine rings is 1. The van der Waals surface area contributed by atoms with Crippen LogP contribution in [0.5, 0.6) is 0 Å². The van der Waals surface area contributed by atoms with Crippen molar-refractivity contribution in [1.29, 1.82) is 0 Å². The minimum absolute atomic E-state index is 0.213. The fraction of sp³-hybridized carbons (Fsp3) is 0.625. The van der Waals surface area contributed by atoms with Crippen molar-refractivity contribution >= 4 is 11.6 Å². The van der Waals surface area contributed by atoms with Gasteiger partial charge < -0.3 is 5.32 Å². The van der Waals surface area contributed by atoms with E-state index in [2.05, 4.69) is 24.1 Å². The van der Waals surface area contributed by atoms with Crippen molar-refractivity contribution in [3.63, 3.8) is 0 Å². The Bertz CT molecular complexity index is 432. The molecule has 1 aliphatic heterocycles. The lowest BCUT2D eigenvalue weighted by atomic mass is 9.97. The third-order valence-corrected chi connectivity index (χ3v) is 4.56. The molecule has 0 aromatic heterocycles. The van der Waals surface area contributed by atoms with E-state index in [1.54, 1.807) is 6.07 Å². The normalized spacial score (nSPS) is 21.1. The van der Waals surface area contributed by atoms with Crippen molar-refractivity contribution in [2.45, 2.75) is 32.7 Å². The van der Waals surface area contributed by atoms with Gasteiger partial charge in [-0.3, -0.25) is 4.90 Å². The van der Waals surface area contributed by atoms with Crippen molar-refractivity contribution in [3.05, 3.63) is 34.6 Å². The van der Waals surface area contributed by atoms with Gasteiger partial charge in [-0.1, -0.05) is 24.6 Å². The van der Waals surface area contributed by atoms with Gasteiger partial charge >= 0.3 is 0 Å². The summed E-state index contributed by atoms with van der Waals surface area (Å²) in [6.07, 6.45) is 2.55. The van der Waals surface area contributed by atoms with Crippen molar-refractivity contribution in [2.24, 2.45) is 5.92 Å². The number of hydrogen-bond acceptors (Lipinski definition) is 2. The number of halogens is 2. The second-order valence-corrected chi connectivity index (χ2v) is 6.06. The first-order valence-corrected chi connectivity index (χ1v) is 7.89. The smallest absolute Gasteiger partial charge is 0.141 e. The molecule has 0 aliphatic carbocycles. The fourth-order valence-corrected chi connectivity index (χ4v) is 3.14. The minimum Gasteiger partial charge on any atom is -0.316 e. The van der Waals surface area contributed by atoms with E-state index in [1.165, 1.54) is 18.9 Å². The van der Waals surface area contributed by atoms with E-state index in [-0.39, 0.29) is 16.9 Å². The Kier molecular flexibility index (Phi) is 5.82. The molecule has 4 heteroatoms. The molecule has 2 rings (SSSR count). The van der Waals surface area contributed by atoms with Gasteiger partial charge in [0.05, 0.1) is 5.02 Å². The molecule has 0 bridgehead atoms. The second kappa shape index (κ2) is 7.39. The lowest BCUT2D eigenvalue weighted by Crippen LogP contribution is -2.39. The van der Waals surface area contributed by atoms with Crippen LogP contribution in [0.1, 0.15) is 38.3 Å². The average molecular weight is 299 g/mol. The van der Waals surface area contributed by atoms with Gasteiger partial charge in [0, 0.05) is 12.6 Å². The van der Waals surface area contributed by atoms with Crippen molar-refractivity contribution in [1.82, 2.24) is 10.2 Å². The number of nitrogens with one attached hydrogen (secondary N) is 1. The SMILES string of the molecule is CCN(CC1CCCNC1)C(C)c1ccc(F)c(Cl)c1. The first kappa shape index (κ1) is 15.7. The third kappa shape index (κ3) is 3.94. The quantitative estimate of drug-likeness (QED) is 0.888. The van der Waals surface area contributed by atoms with Crippen LogP contribution in [-0.2, 0) is 0 Å². The summed E-state index contributed by atoms with van der Waals surface area (Å²) in [5.74, 6) is 0.365. The van der Waals surface area contributed by atoms with E-state index >= 15 is 0 Å². The summed E-state index contributed by atoms with van der Waals surface area (Å²) in [6.45, 7) is 8.67. The zero-order chi connectivity index (χ0) is 14.5. The van der Waals surface area contributed by atoms with Crippen LogP contribution in [0.4, 0.5) is 4.39 Å². The number of benzene rings is 1. The van der Waals surface area contributed by atoms with Gasteiger partial charge in [-0.25, -0.2) is 4.39 Å². The van der Waals surface area contributed by atoms with Crippen molar-refractivity contribution in [3.8, 4) is 0 Å². The topological polar surface area (TPSA) is 15.3 Å². The summed E-state index contributed by atoms with van der Waals surface area (Å²) in [6, 6.07) is 5.32. The van der Waals surface area contributed by atoms with Crippen molar-refractivity contribution in [2.75, 3.05) is 26.2 Å². The van der Waals surface area contributed by atoms with Gasteiger partial charge in [0.1, 0.15) is 5.82 Å². The zero-order valence-electron chi connectivity index (χ0n) is 12.3. The van der Waals surface area contributed by atoms with E-state index in [0.717, 1.165) is 31.7 Å². The van der Waals surface area contributed by atoms with Gasteiger partial charge in [-0.2, -0.15) is 0 Å². The van der Waals surface area contributed by atoms with E-state index < -0.39 is 0 Å². The molecule has 0 saturated carbocycles. The van der Waals surface area contributed by atoms with Gasteiger partial charge in [0.25, 0.3) is 0 Å². The molecule has 1 aromatic rings. The molecule has 2 atom stereocenters. The number of rotatable bonds is 5. The van der Waals surface area contributed by atoms with Crippen LogP contribution in [0.15, 0.2) is 18.2 Å². The maximum atomic E-state index is 13.3. The molecule has 1 aliphatic rings. The molecule has 1 N–H and O–H groups in total. The van der Waals surface area contributed by atoms with E-state index in [9.17, 15) is 4.39 Å². The molecule has 2 unspecified atom stereocenters. The Labute approximate surface area is 126 Å². The highest BCUT2D eigenvalue weighted by molar-refractivity contribution is 6.30. The van der Waals surface area contributed by atoms with Crippen molar-refractivity contribution < 1.29 is 4.39 Å². The third-order valence-electron chi connectivity index (χ3n) is 4.27. The summed E-state index contributed by atoms with van der Waals surface area (Å²) >= 11 is 5.89. The summed E-state index contributed by atoms with van der Waals surface area (Å²) in [4.78, 5) is 2.45. The largest absolute Gasteiger partial charge is 0.316 e. The number of hydrogen-bond donors (Lipinski definition) is 1. The van der Waals surface area contributed by atoms with Crippen LogP contribution in [0.25, 0.3) is 0 Å². The van der Waals surface area contributed by atoms with Crippen LogP contribution < -0.4 is 5.32 Å². The maximum absolute atomic E-state index is 13.3. The molecule has 1 aromatic carbocycles. The summed E-state index contributed by atoms with van der Waals surface area (Å²) in [7, 11) is 0. The monoisotopic (exact) mass is 298 g/mol. The van der Waals surface area contributed by atoms with Crippen LogP contribution in [0, 0.1) is 11.7 Å². The highest BCUT2D eigenvalue weighted by Gasteiger charge is 2.21. The molecule has 20 heavy (non-hydrogen) atoms. The van der Waals surface area contributed by atoms with Gasteiger partial charge in [0.2, 0.25) is 0 Å². The summed E-state index contributed by atoms with van der Waals surface area (Å²) < 4.78 is 13.3. The van der Waals surface area contributed by atoms with E-state index in [4.69, 9.17) is 11.6 Å². The van der Waals surface area contributed by atoms with Crippen LogP contribution >= 0.6 is 11.6 Å². The lowest BCUT2D eigenvalue weighted by molar-refractivity contribution is 0.171. The lowest BCUT2D eigenvalue weighted by Gasteiger charge is -2.33. The molecule has 0 radical (unpaired) electrons. The second-order valence-electron chi connectivity index (χ2n) is 5.65. The van der Waals surface area contributed by atoms with E-state index in [0.29, 0.717) is 5.92 Å². The Morgan fingerprint density at radius 1 is 1.50 bits per heavy atom. The van der Waals surface area contributed by atoms with Gasteiger partial charge in [0.15, 0.2) is 0 Å². The molecule has 1 heterocycles. The van der Waals surface area contributed by atoms with Gasteiger partial charge in [-0.05, 0) is 63.0 Å². The Hall–Kier alpha value is -0.640. The molecular formula is C16H24ClFN2. The van der Waals surface area contributed by atoms with Gasteiger partial charge in [-0.15, -0.1) is 0 Å². The molecular weight excluding hydrogens is 275 g/mol. The standard InChI is InChI=1S/C16H24ClFN2/c1-3-20(11-13-5-4-8-19-10-13)12(2)14-6-7-16(18)15(17)9-14/h6-7,9,12-13,19H,3-5,8,10-11H2,1-2H3. The Morgan fingerprint density at radius 2 is 2.30 bits per heavy atom. The maximum Gasteiger partial charge on any atom is 0.141 e. The summed E-state index contributed by atoms with van der Waals surface area (Å²) in [5.41, 5.74) is 1.09. The molecule has 0 amide bonds. The highest BCUT2D eigenvalue weighted by atomic mass is 35.5. The minimum atomic E-state index is -0.345. The average Bonchev–Trinajstić information content (AvgIpc) is 2.48. The van der Waals surface area contributed by atoms with Crippen LogP contribution in [-0.4, -0.2) is 31.1 Å². The Morgan fingerprint density at radius 3 is 2.90 bits per heavy atom. The summed E-state index contributed by atoms with van der Waals surface area (Å²) in [5, 5.41) is 3.67. The number of nitrogens with zero attached hydrogens (tertiary/aromatic N) is 1. The fourth-order valence-electron chi connectivity index (χ4n) is 2.96. The molecule has 1 fully saturated rings. The van der Waals surface area contributed by atoms with E-state index in [1.807, 2.05) is 6.07 Å². The highest BCUT2D eigenvalue weighted by Crippen LogP contribution is 2.26. The van der Waals surface area contributed by atoms with Crippen LogP contribution in [0.3, 0.4) is 0 Å². The molecule has 0 spiro atoms. The predicted molar refractivity (Wildman–Crippen MR) is 82.7 cm³/mol. The molecule has 2 nitrogen and oxygen atoms in total. The molecule has 112 valence electrons. The van der Waals surface area contributed by atoms with Crippen LogP contribution in [0.2, 0.25) is 5.02 Å². The predicted octanol–water partition coefficient (Wildman–Crippen LogP) is 3.86. The molecule has 1 saturated heterocycles. The first-order chi connectivity index (χ1) is 9.61. The Balaban J connectivity index is 2.03.